The van der Waals surface area contributed by atoms with Crippen LogP contribution < -0.4 is 4.72 Å². The molecule has 0 amide bonds. The zero-order valence-electron chi connectivity index (χ0n) is 9.86. The monoisotopic (exact) mass is 311 g/mol. The van der Waals surface area contributed by atoms with Crippen LogP contribution in [-0.4, -0.2) is 25.8 Å². The molecular weight excluding hydrogens is 297 g/mol. The van der Waals surface area contributed by atoms with Gasteiger partial charge in [-0.05, 0) is 18.6 Å². The zero-order chi connectivity index (χ0) is 13.8. The second-order valence-electron chi connectivity index (χ2n) is 3.85. The van der Waals surface area contributed by atoms with Crippen LogP contribution in [-0.2, 0) is 10.0 Å². The van der Waals surface area contributed by atoms with Gasteiger partial charge in [0.15, 0.2) is 0 Å². The molecule has 0 fully saturated rings. The van der Waals surface area contributed by atoms with E-state index in [2.05, 4.69) is 4.72 Å². The summed E-state index contributed by atoms with van der Waals surface area (Å²) in [5.41, 5.74) is 0.445. The predicted molar refractivity (Wildman–Crippen MR) is 73.5 cm³/mol. The maximum absolute atomic E-state index is 11.4. The van der Waals surface area contributed by atoms with Crippen LogP contribution in [0.2, 0.25) is 10.0 Å². The van der Waals surface area contributed by atoms with E-state index in [1.165, 1.54) is 6.07 Å². The minimum Gasteiger partial charge on any atom is -0.387 e. The Labute approximate surface area is 117 Å². The van der Waals surface area contributed by atoms with Gasteiger partial charge < -0.3 is 5.11 Å². The van der Waals surface area contributed by atoms with E-state index in [0.717, 1.165) is 0 Å². The van der Waals surface area contributed by atoms with Crippen molar-refractivity contribution in [3.8, 4) is 0 Å². The first kappa shape index (κ1) is 15.7. The molecule has 0 aliphatic heterocycles. The summed E-state index contributed by atoms with van der Waals surface area (Å²) in [5, 5.41) is 10.6. The molecule has 102 valence electrons. The number of hydrogen-bond donors (Lipinski definition) is 2. The zero-order valence-corrected chi connectivity index (χ0v) is 12.2. The molecule has 18 heavy (non-hydrogen) atoms. The highest BCUT2D eigenvalue weighted by atomic mass is 35.5. The van der Waals surface area contributed by atoms with Crippen LogP contribution in [0.15, 0.2) is 18.2 Å². The van der Waals surface area contributed by atoms with Gasteiger partial charge in [0.25, 0.3) is 0 Å². The summed E-state index contributed by atoms with van der Waals surface area (Å²) >= 11 is 11.6. The Bertz CT molecular complexity index is 505. The Morgan fingerprint density at radius 2 is 2.06 bits per heavy atom. The lowest BCUT2D eigenvalue weighted by Gasteiger charge is -2.14. The molecule has 0 radical (unpaired) electrons. The number of benzene rings is 1. The third kappa shape index (κ3) is 4.74. The Morgan fingerprint density at radius 1 is 1.39 bits per heavy atom. The van der Waals surface area contributed by atoms with Crippen molar-refractivity contribution in [3.63, 3.8) is 0 Å². The summed E-state index contributed by atoms with van der Waals surface area (Å²) in [4.78, 5) is 0. The molecule has 0 aliphatic carbocycles. The quantitative estimate of drug-likeness (QED) is 0.847. The van der Waals surface area contributed by atoms with Crippen molar-refractivity contribution in [1.29, 1.82) is 0 Å². The van der Waals surface area contributed by atoms with Crippen molar-refractivity contribution in [2.45, 2.75) is 19.4 Å². The lowest BCUT2D eigenvalue weighted by Crippen LogP contribution is -2.30. The highest BCUT2D eigenvalue weighted by Gasteiger charge is 2.15. The van der Waals surface area contributed by atoms with Gasteiger partial charge in [-0.2, -0.15) is 0 Å². The van der Waals surface area contributed by atoms with E-state index in [-0.39, 0.29) is 12.3 Å². The molecule has 1 rings (SSSR count). The topological polar surface area (TPSA) is 66.4 Å². The van der Waals surface area contributed by atoms with Crippen LogP contribution in [0.1, 0.15) is 25.0 Å². The van der Waals surface area contributed by atoms with E-state index in [1.54, 1.807) is 19.1 Å². The molecule has 1 aromatic carbocycles. The van der Waals surface area contributed by atoms with Gasteiger partial charge in [-0.1, -0.05) is 36.2 Å². The van der Waals surface area contributed by atoms with Gasteiger partial charge in [-0.3, -0.25) is 0 Å². The number of sulfonamides is 1. The first-order chi connectivity index (χ1) is 8.35. The van der Waals surface area contributed by atoms with Gasteiger partial charge >= 0.3 is 0 Å². The number of nitrogens with one attached hydrogen (secondary N) is 1. The van der Waals surface area contributed by atoms with Crippen LogP contribution in [0.5, 0.6) is 0 Å². The standard InChI is InChI=1S/C11H15Cl2NO3S/c1-2-5-18(16,17)14-7-11(15)9-4-3-8(12)6-10(9)13/h3-4,6,11,14-15H,2,5,7H2,1H3/t11-/m0/s1. The molecular formula is C11H15Cl2NO3S. The molecule has 0 saturated heterocycles. The van der Waals surface area contributed by atoms with E-state index < -0.39 is 16.1 Å². The highest BCUT2D eigenvalue weighted by Crippen LogP contribution is 2.25. The van der Waals surface area contributed by atoms with Gasteiger partial charge in [0, 0.05) is 22.2 Å². The maximum atomic E-state index is 11.4. The Morgan fingerprint density at radius 3 is 2.61 bits per heavy atom. The van der Waals surface area contributed by atoms with Gasteiger partial charge in [0.2, 0.25) is 10.0 Å². The molecule has 0 unspecified atom stereocenters. The van der Waals surface area contributed by atoms with Crippen LogP contribution in [0, 0.1) is 0 Å². The highest BCUT2D eigenvalue weighted by molar-refractivity contribution is 7.89. The minimum atomic E-state index is -3.33. The van der Waals surface area contributed by atoms with E-state index in [9.17, 15) is 13.5 Å². The minimum absolute atomic E-state index is 0.0358. The number of aliphatic hydroxyl groups excluding tert-OH is 1. The number of aliphatic hydroxyl groups is 1. The molecule has 7 heteroatoms. The van der Waals surface area contributed by atoms with E-state index in [4.69, 9.17) is 23.2 Å². The maximum Gasteiger partial charge on any atom is 0.211 e. The fraction of sp³-hybridized carbons (Fsp3) is 0.455. The van der Waals surface area contributed by atoms with Crippen molar-refractivity contribution in [3.05, 3.63) is 33.8 Å². The van der Waals surface area contributed by atoms with Crippen LogP contribution in [0.4, 0.5) is 0 Å². The second kappa shape index (κ2) is 6.73. The van der Waals surface area contributed by atoms with Crippen LogP contribution in [0.3, 0.4) is 0 Å². The molecule has 0 bridgehead atoms. The van der Waals surface area contributed by atoms with E-state index >= 15 is 0 Å². The fourth-order valence-electron chi connectivity index (χ4n) is 1.43. The number of halogens is 2. The van der Waals surface area contributed by atoms with E-state index in [1.807, 2.05) is 0 Å². The average molecular weight is 312 g/mol. The lowest BCUT2D eigenvalue weighted by atomic mass is 10.1. The second-order valence-corrected chi connectivity index (χ2v) is 6.62. The molecule has 0 spiro atoms. The molecule has 2 N–H and O–H groups in total. The largest absolute Gasteiger partial charge is 0.387 e. The van der Waals surface area contributed by atoms with Crippen molar-refractivity contribution >= 4 is 33.2 Å². The van der Waals surface area contributed by atoms with E-state index in [0.29, 0.717) is 22.0 Å². The van der Waals surface area contributed by atoms with Crippen molar-refractivity contribution in [2.75, 3.05) is 12.3 Å². The SMILES string of the molecule is CCCS(=O)(=O)NC[C@H](O)c1ccc(Cl)cc1Cl. The third-order valence-electron chi connectivity index (χ3n) is 2.29. The van der Waals surface area contributed by atoms with Gasteiger partial charge in [-0.15, -0.1) is 0 Å². The molecule has 4 nitrogen and oxygen atoms in total. The van der Waals surface area contributed by atoms with Gasteiger partial charge in [-0.25, -0.2) is 13.1 Å². The molecule has 0 aliphatic rings. The first-order valence-electron chi connectivity index (χ1n) is 5.46. The fourth-order valence-corrected chi connectivity index (χ4v) is 3.06. The normalized spacial score (nSPS) is 13.6. The summed E-state index contributed by atoms with van der Waals surface area (Å²) in [6, 6.07) is 4.66. The molecule has 0 aromatic heterocycles. The van der Waals surface area contributed by atoms with Crippen LogP contribution >= 0.6 is 23.2 Å². The Kier molecular flexibility index (Phi) is 5.88. The van der Waals surface area contributed by atoms with Crippen molar-refractivity contribution in [2.24, 2.45) is 0 Å². The molecule has 0 heterocycles. The lowest BCUT2D eigenvalue weighted by molar-refractivity contribution is 0.182. The van der Waals surface area contributed by atoms with Crippen molar-refractivity contribution < 1.29 is 13.5 Å². The Hall–Kier alpha value is -0.330. The average Bonchev–Trinajstić information content (AvgIpc) is 2.26. The number of rotatable bonds is 6. The summed E-state index contributed by atoms with van der Waals surface area (Å²) in [7, 11) is -3.33. The van der Waals surface area contributed by atoms with Crippen LogP contribution in [0.25, 0.3) is 0 Å². The van der Waals surface area contributed by atoms with Gasteiger partial charge in [0.05, 0.1) is 11.9 Å². The first-order valence-corrected chi connectivity index (χ1v) is 7.87. The predicted octanol–water partition coefficient (Wildman–Crippen LogP) is 2.36. The molecule has 1 atom stereocenters. The number of hydrogen-bond acceptors (Lipinski definition) is 3. The Balaban J connectivity index is 2.69. The van der Waals surface area contributed by atoms with Gasteiger partial charge in [0.1, 0.15) is 0 Å². The smallest absolute Gasteiger partial charge is 0.211 e. The third-order valence-corrected chi connectivity index (χ3v) is 4.41. The summed E-state index contributed by atoms with van der Waals surface area (Å²) in [5.74, 6) is 0.0358. The molecule has 0 saturated carbocycles. The summed E-state index contributed by atoms with van der Waals surface area (Å²) in [6.07, 6.45) is -0.478. The molecule has 1 aromatic rings. The summed E-state index contributed by atoms with van der Waals surface area (Å²) < 4.78 is 25.2. The summed E-state index contributed by atoms with van der Waals surface area (Å²) in [6.45, 7) is 1.66. The van der Waals surface area contributed by atoms with Crippen molar-refractivity contribution in [1.82, 2.24) is 4.72 Å².